The van der Waals surface area contributed by atoms with Crippen LogP contribution < -0.4 is 10.6 Å². The van der Waals surface area contributed by atoms with Crippen molar-refractivity contribution in [2.75, 3.05) is 4.90 Å². The average Bonchev–Trinajstić information content (AvgIpc) is 3.14. The van der Waals surface area contributed by atoms with Crippen molar-refractivity contribution >= 4 is 22.8 Å². The molecule has 1 aromatic carbocycles. The normalized spacial score (nSPS) is 12.9. The van der Waals surface area contributed by atoms with E-state index in [1.165, 1.54) is 0 Å². The summed E-state index contributed by atoms with van der Waals surface area (Å²) in [5.41, 5.74) is 9.94. The number of carbonyl (C=O) groups is 1. The fraction of sp³-hybridized carbons (Fsp3) is 0.360. The van der Waals surface area contributed by atoms with Gasteiger partial charge in [-0.2, -0.15) is 0 Å². The highest BCUT2D eigenvalue weighted by atomic mass is 16.2. The lowest BCUT2D eigenvalue weighted by Crippen LogP contribution is -2.33. The number of para-hydroxylation sites is 1. The topological polar surface area (TPSA) is 64.2 Å². The van der Waals surface area contributed by atoms with Crippen LogP contribution in [0.25, 0.3) is 11.0 Å². The van der Waals surface area contributed by atoms with Gasteiger partial charge in [0.25, 0.3) is 0 Å². The van der Waals surface area contributed by atoms with Gasteiger partial charge in [0.15, 0.2) is 0 Å². The van der Waals surface area contributed by atoms with Gasteiger partial charge in [0.05, 0.1) is 5.69 Å². The van der Waals surface area contributed by atoms with Crippen molar-refractivity contribution in [1.29, 1.82) is 0 Å². The molecule has 2 amide bonds. The highest BCUT2D eigenvalue weighted by molar-refractivity contribution is 5.94. The lowest BCUT2D eigenvalue weighted by atomic mass is 9.92. The van der Waals surface area contributed by atoms with Crippen LogP contribution in [0.1, 0.15) is 70.0 Å². The predicted molar refractivity (Wildman–Crippen MR) is 125 cm³/mol. The van der Waals surface area contributed by atoms with Crippen LogP contribution in [0, 0.1) is 0 Å². The number of rotatable bonds is 7. The number of amides is 2. The number of hydrogen-bond donors (Lipinski definition) is 1. The summed E-state index contributed by atoms with van der Waals surface area (Å²) in [6.45, 7) is 10.7. The summed E-state index contributed by atoms with van der Waals surface area (Å²) in [7, 11) is 0. The Morgan fingerprint density at radius 2 is 1.73 bits per heavy atom. The number of nitrogens with two attached hydrogens (primary N) is 1. The first-order chi connectivity index (χ1) is 14.3. The van der Waals surface area contributed by atoms with Crippen LogP contribution in [0.2, 0.25) is 0 Å². The second-order valence-electron chi connectivity index (χ2n) is 8.41. The molecule has 1 unspecified atom stereocenters. The van der Waals surface area contributed by atoms with Crippen molar-refractivity contribution in [2.24, 2.45) is 5.73 Å². The zero-order valence-electron chi connectivity index (χ0n) is 18.5. The molecule has 0 saturated heterocycles. The Balaban J connectivity index is 1.90. The molecule has 2 N–H and O–H groups in total. The van der Waals surface area contributed by atoms with E-state index in [0.29, 0.717) is 0 Å². The number of aromatic nitrogens is 2. The van der Waals surface area contributed by atoms with Crippen LogP contribution in [-0.2, 0) is 0 Å². The fourth-order valence-electron chi connectivity index (χ4n) is 3.87. The van der Waals surface area contributed by atoms with E-state index in [2.05, 4.69) is 80.7 Å². The molecule has 0 saturated carbocycles. The maximum atomic E-state index is 12.4. The third kappa shape index (κ3) is 4.40. The van der Waals surface area contributed by atoms with Crippen LogP contribution in [0.5, 0.6) is 0 Å². The standard InChI is InChI=1S/C25H32N4O/c1-17(2)21-11-6-12-22(18(3)4)23(21)29(25(26)30)15-8-9-19(5)28-16-13-20-10-7-14-27-24(20)28/h6-8,10-19H,9H2,1-5H3,(H2,26,30). The van der Waals surface area contributed by atoms with E-state index >= 15 is 0 Å². The van der Waals surface area contributed by atoms with E-state index in [-0.39, 0.29) is 17.9 Å². The highest BCUT2D eigenvalue weighted by Gasteiger charge is 2.21. The second-order valence-corrected chi connectivity index (χ2v) is 8.41. The largest absolute Gasteiger partial charge is 0.351 e. The smallest absolute Gasteiger partial charge is 0.323 e. The minimum absolute atomic E-state index is 0.202. The lowest BCUT2D eigenvalue weighted by Gasteiger charge is -2.26. The van der Waals surface area contributed by atoms with E-state index in [1.54, 1.807) is 4.90 Å². The molecule has 2 aromatic heterocycles. The molecule has 158 valence electrons. The Bertz CT molecular complexity index is 1020. The summed E-state index contributed by atoms with van der Waals surface area (Å²) in [6.07, 6.45) is 8.47. The monoisotopic (exact) mass is 404 g/mol. The summed E-state index contributed by atoms with van der Waals surface area (Å²) < 4.78 is 2.16. The highest BCUT2D eigenvalue weighted by Crippen LogP contribution is 2.35. The maximum absolute atomic E-state index is 12.4. The zero-order chi connectivity index (χ0) is 21.8. The molecule has 30 heavy (non-hydrogen) atoms. The van der Waals surface area contributed by atoms with Gasteiger partial charge in [-0.1, -0.05) is 52.0 Å². The quantitative estimate of drug-likeness (QED) is 0.500. The molecular formula is C25H32N4O. The number of benzene rings is 1. The third-order valence-corrected chi connectivity index (χ3v) is 5.50. The molecule has 0 fully saturated rings. The minimum Gasteiger partial charge on any atom is -0.351 e. The summed E-state index contributed by atoms with van der Waals surface area (Å²) in [5, 5.41) is 1.12. The van der Waals surface area contributed by atoms with Gasteiger partial charge in [-0.3, -0.25) is 4.90 Å². The number of anilines is 1. The number of allylic oxidation sites excluding steroid dienone is 1. The van der Waals surface area contributed by atoms with Crippen molar-refractivity contribution in [2.45, 2.75) is 58.9 Å². The first kappa shape index (κ1) is 21.6. The molecule has 0 bridgehead atoms. The first-order valence-electron chi connectivity index (χ1n) is 10.6. The van der Waals surface area contributed by atoms with E-state index in [1.807, 2.05) is 24.5 Å². The zero-order valence-corrected chi connectivity index (χ0v) is 18.5. The molecule has 1 atom stereocenters. The van der Waals surface area contributed by atoms with Crippen molar-refractivity contribution < 1.29 is 4.79 Å². The minimum atomic E-state index is -0.470. The Hall–Kier alpha value is -3.08. The summed E-state index contributed by atoms with van der Waals surface area (Å²) >= 11 is 0. The molecule has 0 spiro atoms. The van der Waals surface area contributed by atoms with Gasteiger partial charge in [-0.05, 0) is 54.5 Å². The lowest BCUT2D eigenvalue weighted by molar-refractivity contribution is 0.255. The first-order valence-corrected chi connectivity index (χ1v) is 10.6. The molecule has 0 aliphatic rings. The molecule has 3 aromatic rings. The molecule has 2 heterocycles. The number of urea groups is 1. The number of primary amides is 1. The summed E-state index contributed by atoms with van der Waals surface area (Å²) in [4.78, 5) is 18.5. The predicted octanol–water partition coefficient (Wildman–Crippen LogP) is 6.33. The van der Waals surface area contributed by atoms with Crippen molar-refractivity contribution in [3.05, 3.63) is 72.2 Å². The third-order valence-electron chi connectivity index (χ3n) is 5.50. The molecular weight excluding hydrogens is 372 g/mol. The number of hydrogen-bond acceptors (Lipinski definition) is 2. The number of nitrogens with zero attached hydrogens (tertiary/aromatic N) is 3. The van der Waals surface area contributed by atoms with Crippen LogP contribution in [0.3, 0.4) is 0 Å². The summed E-state index contributed by atoms with van der Waals surface area (Å²) in [5.74, 6) is 0.565. The maximum Gasteiger partial charge on any atom is 0.323 e. The van der Waals surface area contributed by atoms with Crippen molar-refractivity contribution in [3.63, 3.8) is 0 Å². The average molecular weight is 405 g/mol. The van der Waals surface area contributed by atoms with Crippen molar-refractivity contribution in [1.82, 2.24) is 9.55 Å². The Labute approximate surface area is 179 Å². The Morgan fingerprint density at radius 1 is 1.07 bits per heavy atom. The van der Waals surface area contributed by atoms with Gasteiger partial charge in [0, 0.05) is 30.0 Å². The van der Waals surface area contributed by atoms with Crippen molar-refractivity contribution in [3.8, 4) is 0 Å². The van der Waals surface area contributed by atoms with Gasteiger partial charge in [-0.25, -0.2) is 9.78 Å². The van der Waals surface area contributed by atoms with Crippen LogP contribution in [0.4, 0.5) is 10.5 Å². The second kappa shape index (κ2) is 9.16. The molecule has 3 rings (SSSR count). The van der Waals surface area contributed by atoms with Crippen LogP contribution in [0.15, 0.2) is 61.1 Å². The van der Waals surface area contributed by atoms with Gasteiger partial charge >= 0.3 is 6.03 Å². The van der Waals surface area contributed by atoms with Gasteiger partial charge in [0.1, 0.15) is 5.65 Å². The van der Waals surface area contributed by atoms with E-state index in [9.17, 15) is 4.79 Å². The van der Waals surface area contributed by atoms with E-state index < -0.39 is 6.03 Å². The van der Waals surface area contributed by atoms with E-state index in [4.69, 9.17) is 5.73 Å². The molecule has 0 radical (unpaired) electrons. The summed E-state index contributed by atoms with van der Waals surface area (Å²) in [6, 6.07) is 12.0. The SMILES string of the molecule is CC(C)c1cccc(C(C)C)c1N(C=CCC(C)n1ccc2cccnc21)C(N)=O. The van der Waals surface area contributed by atoms with Gasteiger partial charge < -0.3 is 10.3 Å². The van der Waals surface area contributed by atoms with E-state index in [0.717, 1.165) is 34.3 Å². The van der Waals surface area contributed by atoms with Gasteiger partial charge in [-0.15, -0.1) is 0 Å². The molecule has 0 aliphatic heterocycles. The molecule has 5 heteroatoms. The molecule has 5 nitrogen and oxygen atoms in total. The Morgan fingerprint density at radius 3 is 2.33 bits per heavy atom. The fourth-order valence-corrected chi connectivity index (χ4v) is 3.87. The van der Waals surface area contributed by atoms with Gasteiger partial charge in [0.2, 0.25) is 0 Å². The molecule has 0 aliphatic carbocycles. The van der Waals surface area contributed by atoms with Crippen LogP contribution >= 0.6 is 0 Å². The number of carbonyl (C=O) groups excluding carboxylic acids is 1. The van der Waals surface area contributed by atoms with Crippen LogP contribution in [-0.4, -0.2) is 15.6 Å². The number of pyridine rings is 1. The Kier molecular flexibility index (Phi) is 6.60. The number of fused-ring (bicyclic) bond motifs is 1.